The first kappa shape index (κ1) is 23.1. The number of amides is 1. The zero-order valence-electron chi connectivity index (χ0n) is 17.2. The third-order valence-corrected chi connectivity index (χ3v) is 4.68. The zero-order chi connectivity index (χ0) is 22.1. The van der Waals surface area contributed by atoms with Crippen molar-refractivity contribution in [1.29, 1.82) is 0 Å². The van der Waals surface area contributed by atoms with E-state index in [0.29, 0.717) is 12.0 Å². The van der Waals surface area contributed by atoms with Gasteiger partial charge in [0.1, 0.15) is 12.1 Å². The van der Waals surface area contributed by atoms with Crippen LogP contribution in [0.4, 0.5) is 0 Å². The Kier molecular flexibility index (Phi) is 8.55. The van der Waals surface area contributed by atoms with Crippen molar-refractivity contribution < 1.29 is 24.6 Å². The minimum atomic E-state index is -1.15. The number of rotatable bonds is 11. The van der Waals surface area contributed by atoms with E-state index in [0.717, 1.165) is 11.1 Å². The molecule has 1 amide bonds. The van der Waals surface area contributed by atoms with Gasteiger partial charge < -0.3 is 15.5 Å². The number of carboxylic acid groups (broad SMARTS) is 2. The van der Waals surface area contributed by atoms with E-state index in [-0.39, 0.29) is 24.8 Å². The van der Waals surface area contributed by atoms with Crippen LogP contribution in [0.2, 0.25) is 0 Å². The first-order valence-electron chi connectivity index (χ1n) is 9.93. The molecule has 0 fully saturated rings. The van der Waals surface area contributed by atoms with Gasteiger partial charge in [0.2, 0.25) is 0 Å². The Morgan fingerprint density at radius 3 is 1.93 bits per heavy atom. The fourth-order valence-corrected chi connectivity index (χ4v) is 3.11. The van der Waals surface area contributed by atoms with Crippen molar-refractivity contribution in [3.05, 3.63) is 60.2 Å². The highest BCUT2D eigenvalue weighted by atomic mass is 16.4. The minimum absolute atomic E-state index is 0.0745. The van der Waals surface area contributed by atoms with Crippen molar-refractivity contribution >= 4 is 17.8 Å². The van der Waals surface area contributed by atoms with Crippen LogP contribution in [-0.4, -0.2) is 46.7 Å². The minimum Gasteiger partial charge on any atom is -0.480 e. The predicted molar refractivity (Wildman–Crippen MR) is 114 cm³/mol. The Morgan fingerprint density at radius 2 is 1.40 bits per heavy atom. The van der Waals surface area contributed by atoms with Gasteiger partial charge in [-0.2, -0.15) is 0 Å². The summed E-state index contributed by atoms with van der Waals surface area (Å²) in [4.78, 5) is 35.2. The normalized spacial score (nSPS) is 12.9. The average molecular weight is 412 g/mol. The molecule has 0 bridgehead atoms. The molecule has 4 N–H and O–H groups in total. The predicted octanol–water partition coefficient (Wildman–Crippen LogP) is 3.02. The number of nitrogens with one attached hydrogen (secondary N) is 2. The second-order valence-corrected chi connectivity index (χ2v) is 7.57. The number of benzene rings is 2. The monoisotopic (exact) mass is 412 g/mol. The van der Waals surface area contributed by atoms with Gasteiger partial charge in [0.25, 0.3) is 5.91 Å². The van der Waals surface area contributed by atoms with Crippen molar-refractivity contribution in [2.75, 3.05) is 6.54 Å². The van der Waals surface area contributed by atoms with Crippen molar-refractivity contribution in [1.82, 2.24) is 10.6 Å². The molecule has 0 aliphatic heterocycles. The van der Waals surface area contributed by atoms with Crippen LogP contribution in [0.5, 0.6) is 0 Å². The van der Waals surface area contributed by atoms with E-state index < -0.39 is 24.0 Å². The van der Waals surface area contributed by atoms with Crippen molar-refractivity contribution in [2.24, 2.45) is 5.92 Å². The van der Waals surface area contributed by atoms with E-state index >= 15 is 0 Å². The summed E-state index contributed by atoms with van der Waals surface area (Å²) in [5.74, 6) is -2.44. The van der Waals surface area contributed by atoms with Gasteiger partial charge >= 0.3 is 11.9 Å². The number of carbonyl (C=O) groups excluding carboxylic acids is 1. The van der Waals surface area contributed by atoms with E-state index in [1.165, 1.54) is 0 Å². The second-order valence-electron chi connectivity index (χ2n) is 7.57. The van der Waals surface area contributed by atoms with Gasteiger partial charge in [0.05, 0.1) is 0 Å². The maximum Gasteiger partial charge on any atom is 0.320 e. The summed E-state index contributed by atoms with van der Waals surface area (Å²) >= 11 is 0. The van der Waals surface area contributed by atoms with E-state index in [4.69, 9.17) is 0 Å². The standard InChI is InChI=1S/C23H28N2O5/c1-15(2)14-20(23(29)30)25-19(22(27)28)12-13-24-21(26)18-10-8-17(9-11-18)16-6-4-3-5-7-16/h3-11,15,19-20,25H,12-14H2,1-2H3,(H,24,26)(H,27,28)(H,29,30). The van der Waals surface area contributed by atoms with Crippen LogP contribution in [0, 0.1) is 5.92 Å². The van der Waals surface area contributed by atoms with Crippen LogP contribution >= 0.6 is 0 Å². The molecule has 30 heavy (non-hydrogen) atoms. The van der Waals surface area contributed by atoms with Crippen LogP contribution in [0.1, 0.15) is 37.0 Å². The van der Waals surface area contributed by atoms with E-state index in [1.807, 2.05) is 56.3 Å². The maximum absolute atomic E-state index is 12.3. The molecular weight excluding hydrogens is 384 g/mol. The largest absolute Gasteiger partial charge is 0.480 e. The summed E-state index contributed by atoms with van der Waals surface area (Å²) in [6.45, 7) is 3.85. The van der Waals surface area contributed by atoms with Crippen LogP contribution in [0.3, 0.4) is 0 Å². The lowest BCUT2D eigenvalue weighted by Gasteiger charge is -2.21. The molecule has 0 aliphatic carbocycles. The van der Waals surface area contributed by atoms with Gasteiger partial charge in [-0.3, -0.25) is 19.7 Å². The summed E-state index contributed by atoms with van der Waals surface area (Å²) in [6, 6.07) is 14.9. The molecule has 2 aromatic rings. The average Bonchev–Trinajstić information content (AvgIpc) is 2.72. The van der Waals surface area contributed by atoms with Gasteiger partial charge in [-0.05, 0) is 42.0 Å². The third-order valence-electron chi connectivity index (χ3n) is 4.68. The molecule has 160 valence electrons. The van der Waals surface area contributed by atoms with Crippen molar-refractivity contribution in [3.8, 4) is 11.1 Å². The summed E-state index contributed by atoms with van der Waals surface area (Å²) in [5.41, 5.74) is 2.51. The Bertz CT molecular complexity index is 850. The van der Waals surface area contributed by atoms with Crippen LogP contribution in [0.15, 0.2) is 54.6 Å². The van der Waals surface area contributed by atoms with Gasteiger partial charge in [0.15, 0.2) is 0 Å². The van der Waals surface area contributed by atoms with Crippen LogP contribution in [0.25, 0.3) is 11.1 Å². The second kappa shape index (κ2) is 11.1. The Morgan fingerprint density at radius 1 is 0.833 bits per heavy atom. The van der Waals surface area contributed by atoms with Gasteiger partial charge in [-0.25, -0.2) is 0 Å². The first-order valence-corrected chi connectivity index (χ1v) is 9.93. The van der Waals surface area contributed by atoms with Gasteiger partial charge in [0, 0.05) is 12.1 Å². The maximum atomic E-state index is 12.3. The lowest BCUT2D eigenvalue weighted by atomic mass is 10.0. The molecule has 2 unspecified atom stereocenters. The van der Waals surface area contributed by atoms with E-state index in [2.05, 4.69) is 10.6 Å². The number of carbonyl (C=O) groups is 3. The molecule has 2 aromatic carbocycles. The third kappa shape index (κ3) is 7.00. The molecule has 2 atom stereocenters. The lowest BCUT2D eigenvalue weighted by Crippen LogP contribution is -2.49. The molecule has 0 saturated carbocycles. The smallest absolute Gasteiger partial charge is 0.320 e. The summed E-state index contributed by atoms with van der Waals surface area (Å²) in [5, 5.41) is 24.1. The van der Waals surface area contributed by atoms with Crippen molar-refractivity contribution in [3.63, 3.8) is 0 Å². The lowest BCUT2D eigenvalue weighted by molar-refractivity contribution is -0.143. The molecule has 7 nitrogen and oxygen atoms in total. The molecule has 7 heteroatoms. The molecule has 0 heterocycles. The summed E-state index contributed by atoms with van der Waals surface area (Å²) in [6.07, 6.45) is 0.393. The SMILES string of the molecule is CC(C)CC(NC(CCNC(=O)c1ccc(-c2ccccc2)cc1)C(=O)O)C(=O)O. The topological polar surface area (TPSA) is 116 Å². The Balaban J connectivity index is 1.91. The summed E-state index contributed by atoms with van der Waals surface area (Å²) < 4.78 is 0. The fourth-order valence-electron chi connectivity index (χ4n) is 3.11. The van der Waals surface area contributed by atoms with E-state index in [9.17, 15) is 24.6 Å². The Hall–Kier alpha value is -3.19. The molecule has 0 saturated heterocycles. The molecule has 0 aromatic heterocycles. The van der Waals surface area contributed by atoms with Crippen molar-refractivity contribution in [2.45, 2.75) is 38.8 Å². The van der Waals surface area contributed by atoms with Gasteiger partial charge in [-0.1, -0.05) is 56.3 Å². The molecule has 0 radical (unpaired) electrons. The Labute approximate surface area is 176 Å². The quantitative estimate of drug-likeness (QED) is 0.451. The summed E-state index contributed by atoms with van der Waals surface area (Å²) in [7, 11) is 0. The number of hydrogen-bond acceptors (Lipinski definition) is 4. The highest BCUT2D eigenvalue weighted by molar-refractivity contribution is 5.94. The zero-order valence-corrected chi connectivity index (χ0v) is 17.2. The van der Waals surface area contributed by atoms with Crippen LogP contribution < -0.4 is 10.6 Å². The van der Waals surface area contributed by atoms with Gasteiger partial charge in [-0.15, -0.1) is 0 Å². The number of hydrogen-bond donors (Lipinski definition) is 4. The molecular formula is C23H28N2O5. The fraction of sp³-hybridized carbons (Fsp3) is 0.348. The number of carboxylic acids is 2. The number of aliphatic carboxylic acids is 2. The highest BCUT2D eigenvalue weighted by Crippen LogP contribution is 2.19. The molecule has 0 spiro atoms. The van der Waals surface area contributed by atoms with Crippen LogP contribution in [-0.2, 0) is 9.59 Å². The van der Waals surface area contributed by atoms with E-state index in [1.54, 1.807) is 12.1 Å². The first-order chi connectivity index (χ1) is 14.3. The molecule has 2 rings (SSSR count). The molecule has 0 aliphatic rings. The highest BCUT2D eigenvalue weighted by Gasteiger charge is 2.26.